The summed E-state index contributed by atoms with van der Waals surface area (Å²) in [5, 5.41) is 0. The van der Waals surface area contributed by atoms with Gasteiger partial charge in [0.1, 0.15) is 6.10 Å². The number of hydrogen-bond donors (Lipinski definition) is 0. The van der Waals surface area contributed by atoms with Crippen LogP contribution < -0.4 is 0 Å². The summed E-state index contributed by atoms with van der Waals surface area (Å²) < 4.78 is 6.04. The normalized spacial score (nSPS) is 19.3. The maximum atomic E-state index is 13.3. The molecule has 1 heterocycles. The Morgan fingerprint density at radius 2 is 1.63 bits per heavy atom. The summed E-state index contributed by atoms with van der Waals surface area (Å²) in [7, 11) is 0. The van der Waals surface area contributed by atoms with Gasteiger partial charge in [0, 0.05) is 12.5 Å². The van der Waals surface area contributed by atoms with Gasteiger partial charge in [-0.3, -0.25) is 0 Å². The van der Waals surface area contributed by atoms with E-state index in [0.717, 1.165) is 38.6 Å². The maximum Gasteiger partial charge on any atom is 0.410 e. The van der Waals surface area contributed by atoms with Crippen LogP contribution >= 0.6 is 0 Å². The second kappa shape index (κ2) is 9.61. The zero-order valence-electron chi connectivity index (χ0n) is 18.2. The van der Waals surface area contributed by atoms with E-state index >= 15 is 0 Å². The molecule has 0 spiro atoms. The highest BCUT2D eigenvalue weighted by molar-refractivity contribution is 5.70. The van der Waals surface area contributed by atoms with Crippen molar-refractivity contribution in [2.75, 3.05) is 6.54 Å². The van der Waals surface area contributed by atoms with Crippen LogP contribution in [-0.2, 0) is 4.74 Å². The number of rotatable bonds is 8. The molecule has 1 unspecified atom stereocenters. The van der Waals surface area contributed by atoms with Crippen LogP contribution in [0.5, 0.6) is 0 Å². The number of nitrogens with zero attached hydrogens (tertiary/aromatic N) is 1. The van der Waals surface area contributed by atoms with E-state index in [4.69, 9.17) is 4.74 Å². The Kier molecular flexibility index (Phi) is 7.76. The lowest BCUT2D eigenvalue weighted by molar-refractivity contribution is 0.00260. The summed E-state index contributed by atoms with van der Waals surface area (Å²) in [6.07, 6.45) is 4.93. The van der Waals surface area contributed by atoms with E-state index in [9.17, 15) is 4.79 Å². The smallest absolute Gasteiger partial charge is 0.410 e. The van der Waals surface area contributed by atoms with Crippen molar-refractivity contribution in [3.63, 3.8) is 0 Å². The predicted molar refractivity (Wildman–Crippen MR) is 113 cm³/mol. The van der Waals surface area contributed by atoms with Crippen LogP contribution in [0.2, 0.25) is 0 Å². The second-order valence-corrected chi connectivity index (χ2v) is 8.81. The lowest BCUT2D eigenvalue weighted by Crippen LogP contribution is -2.55. The molecule has 0 aliphatic carbocycles. The van der Waals surface area contributed by atoms with Crippen molar-refractivity contribution in [3.8, 4) is 0 Å². The third-order valence-electron chi connectivity index (χ3n) is 6.46. The minimum atomic E-state index is -0.152. The van der Waals surface area contributed by atoms with Crippen LogP contribution in [0, 0.1) is 11.8 Å². The Balaban J connectivity index is 2.30. The predicted octanol–water partition coefficient (Wildman–Crippen LogP) is 6.63. The third kappa shape index (κ3) is 4.67. The largest absolute Gasteiger partial charge is 0.446 e. The summed E-state index contributed by atoms with van der Waals surface area (Å²) in [4.78, 5) is 15.4. The van der Waals surface area contributed by atoms with Gasteiger partial charge in [-0.2, -0.15) is 0 Å². The minimum absolute atomic E-state index is 0.0419. The van der Waals surface area contributed by atoms with Crippen molar-refractivity contribution in [2.45, 2.75) is 91.2 Å². The maximum absolute atomic E-state index is 13.3. The Morgan fingerprint density at radius 3 is 2.11 bits per heavy atom. The van der Waals surface area contributed by atoms with Crippen LogP contribution in [-0.4, -0.2) is 29.2 Å². The fourth-order valence-corrected chi connectivity index (χ4v) is 5.03. The van der Waals surface area contributed by atoms with E-state index in [1.54, 1.807) is 0 Å². The summed E-state index contributed by atoms with van der Waals surface area (Å²) in [5.41, 5.74) is 1.18. The van der Waals surface area contributed by atoms with Gasteiger partial charge in [-0.15, -0.1) is 0 Å². The number of hydrogen-bond acceptors (Lipinski definition) is 2. The molecule has 0 N–H and O–H groups in total. The van der Waals surface area contributed by atoms with Gasteiger partial charge in [-0.25, -0.2) is 4.79 Å². The van der Waals surface area contributed by atoms with E-state index in [1.165, 1.54) is 5.56 Å². The molecular formula is C24H39NO2. The van der Waals surface area contributed by atoms with E-state index in [1.807, 2.05) is 0 Å². The van der Waals surface area contributed by atoms with Crippen LogP contribution in [0.1, 0.15) is 85.1 Å². The lowest BCUT2D eigenvalue weighted by Gasteiger charge is -2.45. The van der Waals surface area contributed by atoms with Gasteiger partial charge in [-0.1, -0.05) is 84.7 Å². The van der Waals surface area contributed by atoms with E-state index in [-0.39, 0.29) is 17.7 Å². The highest BCUT2D eigenvalue weighted by Crippen LogP contribution is 2.48. The first-order valence-corrected chi connectivity index (χ1v) is 10.9. The fraction of sp³-hybridized carbons (Fsp3) is 0.708. The minimum Gasteiger partial charge on any atom is -0.446 e. The summed E-state index contributed by atoms with van der Waals surface area (Å²) >= 11 is 0. The first-order valence-electron chi connectivity index (χ1n) is 10.9. The molecule has 1 aliphatic heterocycles. The molecule has 1 aliphatic rings. The quantitative estimate of drug-likeness (QED) is 0.511. The Bertz CT molecular complexity index is 567. The number of carbonyl (C=O) groups excluding carboxylic acids is 1. The summed E-state index contributed by atoms with van der Waals surface area (Å²) in [5.74, 6) is 1.14. The van der Waals surface area contributed by atoms with Gasteiger partial charge in [0.25, 0.3) is 0 Å². The molecule has 1 amide bonds. The molecule has 3 heteroatoms. The highest BCUT2D eigenvalue weighted by Gasteiger charge is 2.52. The molecule has 0 bridgehead atoms. The summed E-state index contributed by atoms with van der Waals surface area (Å²) in [6, 6.07) is 10.6. The molecule has 2 rings (SSSR count). The molecule has 3 nitrogen and oxygen atoms in total. The zero-order chi connectivity index (χ0) is 20.0. The number of ether oxygens (including phenoxy) is 1. The average molecular weight is 374 g/mol. The second-order valence-electron chi connectivity index (χ2n) is 8.81. The highest BCUT2D eigenvalue weighted by atomic mass is 16.6. The molecule has 1 atom stereocenters. The van der Waals surface area contributed by atoms with E-state index < -0.39 is 0 Å². The SMILES string of the molecule is CCCC(CCC)OC(=O)N1CC(c2ccccc2)CC1(C(C)C)C(C)C. The van der Waals surface area contributed by atoms with Crippen molar-refractivity contribution in [2.24, 2.45) is 11.8 Å². The molecule has 0 aromatic heterocycles. The first-order chi connectivity index (χ1) is 12.9. The van der Waals surface area contributed by atoms with Gasteiger partial charge in [0.15, 0.2) is 0 Å². The molecule has 152 valence electrons. The molecule has 1 saturated heterocycles. The molecule has 0 radical (unpaired) electrons. The number of likely N-dealkylation sites (tertiary alicyclic amines) is 1. The molecule has 1 fully saturated rings. The number of amides is 1. The van der Waals surface area contributed by atoms with Crippen LogP contribution in [0.15, 0.2) is 30.3 Å². The average Bonchev–Trinajstić information content (AvgIpc) is 3.05. The molecular weight excluding hydrogens is 334 g/mol. The van der Waals surface area contributed by atoms with E-state index in [0.29, 0.717) is 17.8 Å². The van der Waals surface area contributed by atoms with E-state index in [2.05, 4.69) is 76.8 Å². The first kappa shape index (κ1) is 21.8. The Labute approximate surface area is 166 Å². The van der Waals surface area contributed by atoms with Crippen LogP contribution in [0.25, 0.3) is 0 Å². The van der Waals surface area contributed by atoms with Crippen molar-refractivity contribution in [1.29, 1.82) is 0 Å². The Morgan fingerprint density at radius 1 is 1.07 bits per heavy atom. The van der Waals surface area contributed by atoms with Crippen molar-refractivity contribution in [3.05, 3.63) is 35.9 Å². The zero-order valence-corrected chi connectivity index (χ0v) is 18.2. The van der Waals surface area contributed by atoms with Gasteiger partial charge >= 0.3 is 6.09 Å². The number of carbonyl (C=O) groups is 1. The lowest BCUT2D eigenvalue weighted by atomic mass is 9.73. The molecule has 0 saturated carbocycles. The van der Waals surface area contributed by atoms with Crippen LogP contribution in [0.3, 0.4) is 0 Å². The molecule has 1 aromatic carbocycles. The van der Waals surface area contributed by atoms with Gasteiger partial charge in [0.2, 0.25) is 0 Å². The standard InChI is InChI=1S/C24H39NO2/c1-7-12-22(13-8-2)27-23(26)25-17-21(20-14-10-9-11-15-20)16-24(25,18(3)4)19(5)6/h9-11,14-15,18-19,21-22H,7-8,12-13,16-17H2,1-6H3. The number of benzene rings is 1. The van der Waals surface area contributed by atoms with Crippen molar-refractivity contribution >= 4 is 6.09 Å². The van der Waals surface area contributed by atoms with Crippen molar-refractivity contribution < 1.29 is 9.53 Å². The van der Waals surface area contributed by atoms with Crippen molar-refractivity contribution in [1.82, 2.24) is 4.90 Å². The molecule has 27 heavy (non-hydrogen) atoms. The fourth-order valence-electron chi connectivity index (χ4n) is 5.03. The monoisotopic (exact) mass is 373 g/mol. The third-order valence-corrected chi connectivity index (χ3v) is 6.46. The molecule has 1 aromatic rings. The van der Waals surface area contributed by atoms with Gasteiger partial charge < -0.3 is 9.64 Å². The topological polar surface area (TPSA) is 29.5 Å². The summed E-state index contributed by atoms with van der Waals surface area (Å²) in [6.45, 7) is 14.1. The Hall–Kier alpha value is -1.51. The van der Waals surface area contributed by atoms with Gasteiger partial charge in [0.05, 0.1) is 5.54 Å². The van der Waals surface area contributed by atoms with Crippen LogP contribution in [0.4, 0.5) is 4.79 Å². The van der Waals surface area contributed by atoms with Gasteiger partial charge in [-0.05, 0) is 36.7 Å².